The molecule has 102 valence electrons. The van der Waals surface area contributed by atoms with Crippen LogP contribution in [0.3, 0.4) is 0 Å². The molecule has 0 aromatic heterocycles. The van der Waals surface area contributed by atoms with E-state index in [4.69, 9.17) is 4.74 Å². The molecule has 0 saturated heterocycles. The molecule has 0 heterocycles. The number of methoxy groups -OCH3 is 1. The van der Waals surface area contributed by atoms with Crippen LogP contribution in [0.15, 0.2) is 18.2 Å². The summed E-state index contributed by atoms with van der Waals surface area (Å²) in [7, 11) is -3.04. The maximum atomic E-state index is 13.7. The Morgan fingerprint density at radius 1 is 1.33 bits per heavy atom. The van der Waals surface area contributed by atoms with E-state index in [1.807, 2.05) is 0 Å². The highest BCUT2D eigenvalue weighted by atomic mass is 31.2. The van der Waals surface area contributed by atoms with Gasteiger partial charge in [-0.2, -0.15) is 0 Å². The second-order valence-electron chi connectivity index (χ2n) is 4.13. The molecule has 0 fully saturated rings. The molecule has 0 aliphatic rings. The van der Waals surface area contributed by atoms with Crippen LogP contribution in [-0.2, 0) is 9.72 Å². The molecule has 18 heavy (non-hydrogen) atoms. The van der Waals surface area contributed by atoms with Crippen LogP contribution in [0, 0.1) is 5.82 Å². The molecule has 0 spiro atoms. The molecule has 0 unspecified atom stereocenters. The van der Waals surface area contributed by atoms with E-state index in [2.05, 4.69) is 0 Å². The minimum absolute atomic E-state index is 0.0607. The van der Waals surface area contributed by atoms with Gasteiger partial charge in [-0.25, -0.2) is 4.39 Å². The lowest BCUT2D eigenvalue weighted by Crippen LogP contribution is -2.24. The highest BCUT2D eigenvalue weighted by Crippen LogP contribution is 2.61. The van der Waals surface area contributed by atoms with E-state index >= 15 is 0 Å². The minimum atomic E-state index is -4.38. The van der Waals surface area contributed by atoms with Crippen molar-refractivity contribution < 1.29 is 23.5 Å². The van der Waals surface area contributed by atoms with Crippen LogP contribution in [0.2, 0.25) is 0 Å². The number of benzene rings is 1. The van der Waals surface area contributed by atoms with Crippen LogP contribution in [0.5, 0.6) is 5.75 Å². The first-order valence-electron chi connectivity index (χ1n) is 5.72. The molecule has 1 aromatic carbocycles. The highest BCUT2D eigenvalue weighted by Gasteiger charge is 2.45. The zero-order chi connectivity index (χ0) is 14.0. The van der Waals surface area contributed by atoms with Gasteiger partial charge in [-0.1, -0.05) is 19.9 Å². The Balaban J connectivity index is 3.40. The van der Waals surface area contributed by atoms with Crippen LogP contribution in [-0.4, -0.2) is 16.9 Å². The van der Waals surface area contributed by atoms with Gasteiger partial charge in [0, 0.05) is 0 Å². The third-order valence-corrected chi connectivity index (χ3v) is 5.42. The topological polar surface area (TPSA) is 66.8 Å². The van der Waals surface area contributed by atoms with Gasteiger partial charge in [-0.05, 0) is 30.5 Å². The van der Waals surface area contributed by atoms with Gasteiger partial charge in [0.25, 0.3) is 0 Å². The molecule has 0 saturated carbocycles. The van der Waals surface area contributed by atoms with E-state index in [1.165, 1.54) is 19.2 Å². The summed E-state index contributed by atoms with van der Waals surface area (Å²) in [5.74, 6) is -0.555. The molecule has 0 atom stereocenters. The first-order chi connectivity index (χ1) is 8.32. The lowest BCUT2D eigenvalue weighted by molar-refractivity contribution is 0.314. The maximum absolute atomic E-state index is 13.7. The summed E-state index contributed by atoms with van der Waals surface area (Å²) in [6.45, 7) is 3.37. The predicted molar refractivity (Wildman–Crippen MR) is 67.3 cm³/mol. The van der Waals surface area contributed by atoms with Gasteiger partial charge in [0.1, 0.15) is 0 Å². The molecular weight excluding hydrogens is 258 g/mol. The first-order valence-corrected chi connectivity index (χ1v) is 7.33. The highest BCUT2D eigenvalue weighted by molar-refractivity contribution is 7.53. The Labute approximate surface area is 106 Å². The summed E-state index contributed by atoms with van der Waals surface area (Å²) in [5.41, 5.74) is 0.305. The zero-order valence-corrected chi connectivity index (χ0v) is 11.6. The number of hydrogen-bond donors (Lipinski definition) is 2. The van der Waals surface area contributed by atoms with Crippen molar-refractivity contribution >= 4 is 7.60 Å². The van der Waals surface area contributed by atoms with E-state index in [0.29, 0.717) is 5.56 Å². The molecule has 0 radical (unpaired) electrons. The number of rotatable bonds is 5. The first kappa shape index (κ1) is 15.2. The maximum Gasteiger partial charge on any atom is 0.335 e. The number of ether oxygens (including phenoxy) is 1. The number of halogens is 1. The second-order valence-corrected chi connectivity index (χ2v) is 6.08. The third-order valence-electron chi connectivity index (χ3n) is 3.42. The molecule has 0 aliphatic heterocycles. The Kier molecular flexibility index (Phi) is 4.54. The van der Waals surface area contributed by atoms with E-state index in [-0.39, 0.29) is 18.6 Å². The van der Waals surface area contributed by atoms with E-state index in [1.54, 1.807) is 13.8 Å². The Morgan fingerprint density at radius 3 is 2.22 bits per heavy atom. The number of hydrogen-bond acceptors (Lipinski definition) is 2. The Morgan fingerprint density at radius 2 is 1.89 bits per heavy atom. The zero-order valence-electron chi connectivity index (χ0n) is 10.7. The van der Waals surface area contributed by atoms with Crippen LogP contribution < -0.4 is 4.74 Å². The average Bonchev–Trinajstić information content (AvgIpc) is 2.29. The summed E-state index contributed by atoms with van der Waals surface area (Å²) < 4.78 is 30.2. The summed E-state index contributed by atoms with van der Waals surface area (Å²) in [6.07, 6.45) is 0.471. The van der Waals surface area contributed by atoms with Crippen molar-refractivity contribution in [3.8, 4) is 5.75 Å². The van der Waals surface area contributed by atoms with Gasteiger partial charge < -0.3 is 14.5 Å². The fourth-order valence-corrected chi connectivity index (χ4v) is 3.49. The van der Waals surface area contributed by atoms with Gasteiger partial charge in [-0.15, -0.1) is 0 Å². The van der Waals surface area contributed by atoms with Crippen molar-refractivity contribution in [2.75, 3.05) is 7.11 Å². The lowest BCUT2D eigenvalue weighted by Gasteiger charge is -2.33. The molecule has 2 N–H and O–H groups in total. The van der Waals surface area contributed by atoms with Gasteiger partial charge in [0.05, 0.1) is 12.3 Å². The van der Waals surface area contributed by atoms with Crippen molar-refractivity contribution in [3.05, 3.63) is 29.6 Å². The monoisotopic (exact) mass is 276 g/mol. The van der Waals surface area contributed by atoms with Crippen molar-refractivity contribution in [2.45, 2.75) is 31.8 Å². The molecule has 1 aromatic rings. The normalized spacial score (nSPS) is 12.6. The predicted octanol–water partition coefficient (Wildman–Crippen LogP) is 3.03. The average molecular weight is 276 g/mol. The van der Waals surface area contributed by atoms with E-state index in [0.717, 1.165) is 6.07 Å². The fraction of sp³-hybridized carbons (Fsp3) is 0.500. The molecular formula is C12H18FO4P. The van der Waals surface area contributed by atoms with Crippen LogP contribution >= 0.6 is 7.60 Å². The van der Waals surface area contributed by atoms with Crippen molar-refractivity contribution in [1.29, 1.82) is 0 Å². The molecule has 1 rings (SSSR count). The Bertz CT molecular complexity index is 465. The lowest BCUT2D eigenvalue weighted by atomic mass is 9.92. The quantitative estimate of drug-likeness (QED) is 0.811. The summed E-state index contributed by atoms with van der Waals surface area (Å²) >= 11 is 0. The molecule has 4 nitrogen and oxygen atoms in total. The molecule has 0 amide bonds. The second kappa shape index (κ2) is 5.39. The molecule has 6 heteroatoms. The third kappa shape index (κ3) is 2.44. The van der Waals surface area contributed by atoms with Crippen LogP contribution in [0.4, 0.5) is 4.39 Å². The van der Waals surface area contributed by atoms with E-state index in [9.17, 15) is 18.7 Å². The minimum Gasteiger partial charge on any atom is -0.494 e. The Hall–Kier alpha value is -0.900. The van der Waals surface area contributed by atoms with Crippen LogP contribution in [0.1, 0.15) is 32.3 Å². The SMILES string of the molecule is CCC(CC)(c1ccc(OC)c(F)c1)P(=O)(O)O. The van der Waals surface area contributed by atoms with Gasteiger partial charge in [0.15, 0.2) is 11.6 Å². The van der Waals surface area contributed by atoms with Gasteiger partial charge >= 0.3 is 7.60 Å². The van der Waals surface area contributed by atoms with E-state index < -0.39 is 18.6 Å². The van der Waals surface area contributed by atoms with Crippen molar-refractivity contribution in [1.82, 2.24) is 0 Å². The smallest absolute Gasteiger partial charge is 0.335 e. The summed E-state index contributed by atoms with van der Waals surface area (Å²) in [4.78, 5) is 19.1. The van der Waals surface area contributed by atoms with Gasteiger partial charge in [0.2, 0.25) is 0 Å². The standard InChI is InChI=1S/C12H18FO4P/c1-4-12(5-2,18(14,15)16)9-6-7-11(17-3)10(13)8-9/h6-8H,4-5H2,1-3H3,(H2,14,15,16). The summed E-state index contributed by atoms with van der Waals surface area (Å²) in [6, 6.07) is 4.04. The summed E-state index contributed by atoms with van der Waals surface area (Å²) in [5, 5.41) is -1.33. The molecule has 0 bridgehead atoms. The fourth-order valence-electron chi connectivity index (χ4n) is 2.19. The van der Waals surface area contributed by atoms with Crippen LogP contribution in [0.25, 0.3) is 0 Å². The van der Waals surface area contributed by atoms with Crippen molar-refractivity contribution in [2.24, 2.45) is 0 Å². The van der Waals surface area contributed by atoms with Crippen molar-refractivity contribution in [3.63, 3.8) is 0 Å². The largest absolute Gasteiger partial charge is 0.494 e. The molecule has 0 aliphatic carbocycles. The van der Waals surface area contributed by atoms with Gasteiger partial charge in [-0.3, -0.25) is 4.57 Å².